The van der Waals surface area contributed by atoms with Gasteiger partial charge < -0.3 is 10.1 Å². The Bertz CT molecular complexity index is 444. The summed E-state index contributed by atoms with van der Waals surface area (Å²) in [6.45, 7) is 7.86. The van der Waals surface area contributed by atoms with Gasteiger partial charge in [0.05, 0.1) is 6.42 Å². The van der Waals surface area contributed by atoms with Crippen molar-refractivity contribution in [1.29, 1.82) is 0 Å². The summed E-state index contributed by atoms with van der Waals surface area (Å²) in [5, 5.41) is 3.40. The van der Waals surface area contributed by atoms with Crippen molar-refractivity contribution in [1.82, 2.24) is 5.32 Å². The number of esters is 1. The molecule has 0 amide bonds. The Hall–Kier alpha value is -1.35. The fourth-order valence-electron chi connectivity index (χ4n) is 3.07. The van der Waals surface area contributed by atoms with E-state index in [9.17, 15) is 4.79 Å². The number of carbonyl (C=O) groups is 1. The largest absolute Gasteiger partial charge is 0.460 e. The third kappa shape index (κ3) is 5.16. The number of ether oxygens (including phenoxy) is 1. The molecule has 1 unspecified atom stereocenters. The van der Waals surface area contributed by atoms with E-state index in [1.807, 2.05) is 26.8 Å². The average Bonchev–Trinajstić information content (AvgIpc) is 2.45. The van der Waals surface area contributed by atoms with Gasteiger partial charge in [0.25, 0.3) is 0 Å². The van der Waals surface area contributed by atoms with Crippen LogP contribution in [0.25, 0.3) is 0 Å². The van der Waals surface area contributed by atoms with Crippen LogP contribution in [0.4, 0.5) is 0 Å². The van der Waals surface area contributed by atoms with E-state index in [4.69, 9.17) is 4.74 Å². The Labute approximate surface area is 128 Å². The molecule has 1 fully saturated rings. The van der Waals surface area contributed by atoms with Crippen molar-refractivity contribution < 1.29 is 9.53 Å². The SMILES string of the molecule is CC(C)(C)OC(=O)CC(c1ccccc1)C1CCNCC1. The molecule has 1 heterocycles. The van der Waals surface area contributed by atoms with Crippen LogP contribution in [0.1, 0.15) is 51.5 Å². The lowest BCUT2D eigenvalue weighted by Crippen LogP contribution is -2.32. The summed E-state index contributed by atoms with van der Waals surface area (Å²) in [5.74, 6) is 0.735. The van der Waals surface area contributed by atoms with Crippen molar-refractivity contribution in [3.05, 3.63) is 35.9 Å². The molecular formula is C18H27NO2. The number of piperidine rings is 1. The van der Waals surface area contributed by atoms with Gasteiger partial charge in [0.2, 0.25) is 0 Å². The Morgan fingerprint density at radius 1 is 1.24 bits per heavy atom. The van der Waals surface area contributed by atoms with Gasteiger partial charge in [-0.2, -0.15) is 0 Å². The summed E-state index contributed by atoms with van der Waals surface area (Å²) >= 11 is 0. The second kappa shape index (κ2) is 7.08. The van der Waals surface area contributed by atoms with E-state index in [1.54, 1.807) is 0 Å². The van der Waals surface area contributed by atoms with E-state index in [0.717, 1.165) is 25.9 Å². The molecule has 116 valence electrons. The van der Waals surface area contributed by atoms with Crippen LogP contribution in [-0.4, -0.2) is 24.7 Å². The van der Waals surface area contributed by atoms with Gasteiger partial charge in [0.1, 0.15) is 5.60 Å². The summed E-state index contributed by atoms with van der Waals surface area (Å²) in [6.07, 6.45) is 2.73. The second-order valence-electron chi connectivity index (χ2n) is 6.90. The minimum Gasteiger partial charge on any atom is -0.460 e. The highest BCUT2D eigenvalue weighted by Gasteiger charge is 2.29. The van der Waals surface area contributed by atoms with Crippen molar-refractivity contribution in [3.8, 4) is 0 Å². The molecule has 1 aromatic carbocycles. The lowest BCUT2D eigenvalue weighted by molar-refractivity contribution is -0.155. The molecule has 1 N–H and O–H groups in total. The number of hydrogen-bond donors (Lipinski definition) is 1. The summed E-state index contributed by atoms with van der Waals surface area (Å²) in [7, 11) is 0. The summed E-state index contributed by atoms with van der Waals surface area (Å²) < 4.78 is 5.53. The molecule has 1 aliphatic heterocycles. The van der Waals surface area contributed by atoms with E-state index < -0.39 is 5.60 Å². The topological polar surface area (TPSA) is 38.3 Å². The van der Waals surface area contributed by atoms with Crippen molar-refractivity contribution in [3.63, 3.8) is 0 Å². The molecule has 0 aromatic heterocycles. The molecular weight excluding hydrogens is 262 g/mol. The van der Waals surface area contributed by atoms with Gasteiger partial charge in [0.15, 0.2) is 0 Å². The lowest BCUT2D eigenvalue weighted by Gasteiger charge is -2.31. The molecule has 21 heavy (non-hydrogen) atoms. The maximum absolute atomic E-state index is 12.2. The third-order valence-electron chi connectivity index (χ3n) is 3.99. The molecule has 0 aliphatic carbocycles. The first-order valence-electron chi connectivity index (χ1n) is 7.93. The van der Waals surface area contributed by atoms with Gasteiger partial charge in [0, 0.05) is 0 Å². The monoisotopic (exact) mass is 289 g/mol. The number of rotatable bonds is 4. The first-order valence-corrected chi connectivity index (χ1v) is 7.93. The molecule has 1 atom stereocenters. The molecule has 0 radical (unpaired) electrons. The van der Waals surface area contributed by atoms with Gasteiger partial charge in [-0.15, -0.1) is 0 Å². The van der Waals surface area contributed by atoms with Gasteiger partial charge >= 0.3 is 5.97 Å². The maximum Gasteiger partial charge on any atom is 0.306 e. The van der Waals surface area contributed by atoms with Crippen LogP contribution in [0.2, 0.25) is 0 Å². The summed E-state index contributed by atoms with van der Waals surface area (Å²) in [6, 6.07) is 10.4. The minimum atomic E-state index is -0.410. The van der Waals surface area contributed by atoms with Crippen molar-refractivity contribution in [2.24, 2.45) is 5.92 Å². The fraction of sp³-hybridized carbons (Fsp3) is 0.611. The highest BCUT2D eigenvalue weighted by molar-refractivity contribution is 5.71. The Kier molecular flexibility index (Phi) is 5.40. The van der Waals surface area contributed by atoms with Crippen LogP contribution < -0.4 is 5.32 Å². The molecule has 1 aromatic rings. The Morgan fingerprint density at radius 3 is 2.43 bits per heavy atom. The standard InChI is InChI=1S/C18H27NO2/c1-18(2,3)21-17(20)13-16(14-7-5-4-6-8-14)15-9-11-19-12-10-15/h4-8,15-16,19H,9-13H2,1-3H3. The predicted octanol–water partition coefficient (Wildman–Crippen LogP) is 3.50. The molecule has 1 saturated heterocycles. The smallest absolute Gasteiger partial charge is 0.306 e. The van der Waals surface area contributed by atoms with E-state index in [2.05, 4.69) is 29.6 Å². The average molecular weight is 289 g/mol. The minimum absolute atomic E-state index is 0.0881. The molecule has 2 rings (SSSR count). The van der Waals surface area contributed by atoms with Crippen molar-refractivity contribution in [2.75, 3.05) is 13.1 Å². The molecule has 0 saturated carbocycles. The first-order chi connectivity index (χ1) is 9.96. The predicted molar refractivity (Wildman–Crippen MR) is 85.2 cm³/mol. The summed E-state index contributed by atoms with van der Waals surface area (Å²) in [4.78, 5) is 12.2. The van der Waals surface area contributed by atoms with E-state index in [-0.39, 0.29) is 11.9 Å². The van der Waals surface area contributed by atoms with Gasteiger partial charge in [-0.05, 0) is 64.1 Å². The van der Waals surface area contributed by atoms with Crippen LogP contribution in [-0.2, 0) is 9.53 Å². The zero-order valence-electron chi connectivity index (χ0n) is 13.4. The maximum atomic E-state index is 12.2. The number of nitrogens with one attached hydrogen (secondary N) is 1. The van der Waals surface area contributed by atoms with E-state index in [1.165, 1.54) is 5.56 Å². The van der Waals surface area contributed by atoms with Crippen LogP contribution in [0.15, 0.2) is 30.3 Å². The molecule has 0 spiro atoms. The van der Waals surface area contributed by atoms with Crippen LogP contribution in [0, 0.1) is 5.92 Å². The number of carbonyl (C=O) groups excluding carboxylic acids is 1. The van der Waals surface area contributed by atoms with Gasteiger partial charge in [-0.25, -0.2) is 0 Å². The van der Waals surface area contributed by atoms with Crippen molar-refractivity contribution >= 4 is 5.97 Å². The molecule has 0 bridgehead atoms. The Balaban J connectivity index is 2.10. The summed E-state index contributed by atoms with van der Waals surface area (Å²) in [5.41, 5.74) is 0.849. The first kappa shape index (κ1) is 16.0. The highest BCUT2D eigenvalue weighted by Crippen LogP contribution is 2.34. The zero-order chi connectivity index (χ0) is 15.3. The van der Waals surface area contributed by atoms with Crippen LogP contribution >= 0.6 is 0 Å². The lowest BCUT2D eigenvalue weighted by atomic mass is 9.78. The van der Waals surface area contributed by atoms with Crippen molar-refractivity contribution in [2.45, 2.75) is 51.6 Å². The van der Waals surface area contributed by atoms with Crippen LogP contribution in [0.3, 0.4) is 0 Å². The number of hydrogen-bond acceptors (Lipinski definition) is 3. The second-order valence-corrected chi connectivity index (χ2v) is 6.90. The van der Waals surface area contributed by atoms with E-state index in [0.29, 0.717) is 12.3 Å². The number of benzene rings is 1. The van der Waals surface area contributed by atoms with E-state index >= 15 is 0 Å². The van der Waals surface area contributed by atoms with Gasteiger partial charge in [-0.1, -0.05) is 30.3 Å². The quantitative estimate of drug-likeness (QED) is 0.862. The van der Waals surface area contributed by atoms with Gasteiger partial charge in [-0.3, -0.25) is 4.79 Å². The zero-order valence-corrected chi connectivity index (χ0v) is 13.4. The molecule has 3 heteroatoms. The molecule has 3 nitrogen and oxygen atoms in total. The third-order valence-corrected chi connectivity index (χ3v) is 3.99. The normalized spacial score (nSPS) is 18.2. The fourth-order valence-corrected chi connectivity index (χ4v) is 3.07. The molecule has 1 aliphatic rings. The Morgan fingerprint density at radius 2 is 1.86 bits per heavy atom. The van der Waals surface area contributed by atoms with Crippen LogP contribution in [0.5, 0.6) is 0 Å². The highest BCUT2D eigenvalue weighted by atomic mass is 16.6.